The molecule has 62 valence electrons. The summed E-state index contributed by atoms with van der Waals surface area (Å²) < 4.78 is 5.21. The topological polar surface area (TPSA) is 39.2 Å². The van der Waals surface area contributed by atoms with Crippen molar-refractivity contribution in [2.75, 3.05) is 6.61 Å². The first-order valence-corrected chi connectivity index (χ1v) is 3.97. The van der Waals surface area contributed by atoms with Crippen LogP contribution < -0.4 is 4.74 Å². The summed E-state index contributed by atoms with van der Waals surface area (Å²) in [6.07, 6.45) is 1.93. The summed E-state index contributed by atoms with van der Waals surface area (Å²) in [7, 11) is 0. The van der Waals surface area contributed by atoms with Crippen molar-refractivity contribution in [2.24, 2.45) is 0 Å². The van der Waals surface area contributed by atoms with Gasteiger partial charge >= 0.3 is 0 Å². The third-order valence-electron chi connectivity index (χ3n) is 1.74. The lowest BCUT2D eigenvalue weighted by Gasteiger charge is -2.15. The van der Waals surface area contributed by atoms with E-state index in [2.05, 4.69) is 4.98 Å². The van der Waals surface area contributed by atoms with Crippen molar-refractivity contribution in [3.05, 3.63) is 23.0 Å². The first kappa shape index (κ1) is 7.55. The van der Waals surface area contributed by atoms with Crippen LogP contribution in [0.15, 0.2) is 12.3 Å². The largest absolute Gasteiger partial charge is 0.489 e. The van der Waals surface area contributed by atoms with Gasteiger partial charge in [-0.2, -0.15) is 0 Å². The first-order chi connectivity index (χ1) is 5.79. The van der Waals surface area contributed by atoms with E-state index >= 15 is 0 Å². The zero-order chi connectivity index (χ0) is 8.55. The fourth-order valence-corrected chi connectivity index (χ4v) is 1.37. The molecular formula is C8H6ClNO2. The van der Waals surface area contributed by atoms with Crippen LogP contribution in [0, 0.1) is 0 Å². The van der Waals surface area contributed by atoms with Crippen LogP contribution in [0.3, 0.4) is 0 Å². The number of halogens is 1. The lowest BCUT2D eigenvalue weighted by atomic mass is 10.1. The van der Waals surface area contributed by atoms with Gasteiger partial charge < -0.3 is 4.74 Å². The van der Waals surface area contributed by atoms with E-state index < -0.39 is 0 Å². The molecule has 4 heteroatoms. The minimum Gasteiger partial charge on any atom is -0.489 e. The molecule has 0 fully saturated rings. The van der Waals surface area contributed by atoms with E-state index in [0.29, 0.717) is 24.3 Å². The number of nitrogens with zero attached hydrogens (tertiary/aromatic N) is 1. The van der Waals surface area contributed by atoms with E-state index in [1.165, 1.54) is 6.20 Å². The molecule has 0 amide bonds. The third kappa shape index (κ3) is 1.06. The molecule has 12 heavy (non-hydrogen) atoms. The van der Waals surface area contributed by atoms with E-state index in [-0.39, 0.29) is 10.9 Å². The van der Waals surface area contributed by atoms with Crippen molar-refractivity contribution < 1.29 is 9.53 Å². The molecule has 0 atom stereocenters. The fourth-order valence-electron chi connectivity index (χ4n) is 1.16. The Kier molecular flexibility index (Phi) is 1.73. The van der Waals surface area contributed by atoms with E-state index in [1.807, 2.05) is 0 Å². The summed E-state index contributed by atoms with van der Waals surface area (Å²) in [4.78, 5) is 15.1. The highest BCUT2D eigenvalue weighted by atomic mass is 35.5. The number of rotatable bonds is 0. The van der Waals surface area contributed by atoms with E-state index in [1.54, 1.807) is 6.07 Å². The SMILES string of the molecule is O=C1CCOc2c1ccnc2Cl. The second-order valence-electron chi connectivity index (χ2n) is 2.50. The smallest absolute Gasteiger partial charge is 0.171 e. The van der Waals surface area contributed by atoms with Crippen molar-refractivity contribution >= 4 is 17.4 Å². The Morgan fingerprint density at radius 2 is 2.42 bits per heavy atom. The Balaban J connectivity index is 2.59. The number of ether oxygens (including phenoxy) is 1. The molecule has 1 aromatic heterocycles. The molecule has 0 aromatic carbocycles. The van der Waals surface area contributed by atoms with Crippen molar-refractivity contribution in [1.29, 1.82) is 0 Å². The Bertz CT molecular complexity index is 338. The average molecular weight is 184 g/mol. The normalized spacial score (nSPS) is 15.2. The molecule has 1 aromatic rings. The Morgan fingerprint density at radius 1 is 1.58 bits per heavy atom. The molecule has 0 aliphatic carbocycles. The molecule has 1 aliphatic rings. The number of aromatic nitrogens is 1. The number of Topliss-reactive ketones (excluding diaryl/α,β-unsaturated/α-hetero) is 1. The maximum Gasteiger partial charge on any atom is 0.171 e. The first-order valence-electron chi connectivity index (χ1n) is 3.59. The predicted molar refractivity (Wildman–Crippen MR) is 43.7 cm³/mol. The van der Waals surface area contributed by atoms with Gasteiger partial charge in [-0.05, 0) is 6.07 Å². The van der Waals surface area contributed by atoms with Gasteiger partial charge in [-0.1, -0.05) is 11.6 Å². The van der Waals surface area contributed by atoms with E-state index in [0.717, 1.165) is 0 Å². The molecule has 0 saturated heterocycles. The predicted octanol–water partition coefficient (Wildman–Crippen LogP) is 1.70. The second-order valence-corrected chi connectivity index (χ2v) is 2.86. The van der Waals surface area contributed by atoms with Crippen LogP contribution in [0.25, 0.3) is 0 Å². The molecule has 2 heterocycles. The Labute approximate surface area is 74.3 Å². The van der Waals surface area contributed by atoms with Gasteiger partial charge in [-0.3, -0.25) is 4.79 Å². The zero-order valence-corrected chi connectivity index (χ0v) is 6.97. The van der Waals surface area contributed by atoms with E-state index in [4.69, 9.17) is 16.3 Å². The highest BCUT2D eigenvalue weighted by molar-refractivity contribution is 6.31. The number of carbonyl (C=O) groups is 1. The maximum absolute atomic E-state index is 11.3. The van der Waals surface area contributed by atoms with Gasteiger partial charge in [-0.15, -0.1) is 0 Å². The molecule has 0 N–H and O–H groups in total. The number of ketones is 1. The maximum atomic E-state index is 11.3. The summed E-state index contributed by atoms with van der Waals surface area (Å²) in [6, 6.07) is 1.63. The van der Waals surface area contributed by atoms with Crippen LogP contribution in [0.2, 0.25) is 5.15 Å². The Hall–Kier alpha value is -1.09. The van der Waals surface area contributed by atoms with Crippen molar-refractivity contribution in [3.8, 4) is 5.75 Å². The van der Waals surface area contributed by atoms with Crippen LogP contribution >= 0.6 is 11.6 Å². The van der Waals surface area contributed by atoms with Crippen LogP contribution in [0.1, 0.15) is 16.8 Å². The third-order valence-corrected chi connectivity index (χ3v) is 2.01. The van der Waals surface area contributed by atoms with Crippen LogP contribution in [-0.2, 0) is 0 Å². The molecule has 0 saturated carbocycles. The molecule has 1 aliphatic heterocycles. The summed E-state index contributed by atoms with van der Waals surface area (Å²) in [5, 5.41) is 0.264. The highest BCUT2D eigenvalue weighted by Crippen LogP contribution is 2.30. The quantitative estimate of drug-likeness (QED) is 0.575. The van der Waals surface area contributed by atoms with Gasteiger partial charge in [0.1, 0.15) is 0 Å². The number of pyridine rings is 1. The molecular weight excluding hydrogens is 178 g/mol. The van der Waals surface area contributed by atoms with Crippen LogP contribution in [-0.4, -0.2) is 17.4 Å². The summed E-state index contributed by atoms with van der Waals surface area (Å²) in [6.45, 7) is 0.400. The van der Waals surface area contributed by atoms with Gasteiger partial charge in [-0.25, -0.2) is 4.98 Å². The lowest BCUT2D eigenvalue weighted by molar-refractivity contribution is 0.0933. The number of hydrogen-bond acceptors (Lipinski definition) is 3. The molecule has 0 spiro atoms. The molecule has 2 rings (SSSR count). The second kappa shape index (κ2) is 2.75. The van der Waals surface area contributed by atoms with Gasteiger partial charge in [0.2, 0.25) is 0 Å². The monoisotopic (exact) mass is 183 g/mol. The molecule has 0 unspecified atom stereocenters. The van der Waals surface area contributed by atoms with Gasteiger partial charge in [0.25, 0.3) is 0 Å². The standard InChI is InChI=1S/C8H6ClNO2/c9-8-7-5(1-3-10-8)6(11)2-4-12-7/h1,3H,2,4H2. The highest BCUT2D eigenvalue weighted by Gasteiger charge is 2.20. The van der Waals surface area contributed by atoms with Crippen molar-refractivity contribution in [2.45, 2.75) is 6.42 Å². The van der Waals surface area contributed by atoms with Gasteiger partial charge in [0.15, 0.2) is 16.7 Å². The zero-order valence-electron chi connectivity index (χ0n) is 6.21. The summed E-state index contributed by atoms with van der Waals surface area (Å²) >= 11 is 5.72. The van der Waals surface area contributed by atoms with Crippen LogP contribution in [0.5, 0.6) is 5.75 Å². The number of hydrogen-bond donors (Lipinski definition) is 0. The molecule has 0 bridgehead atoms. The number of fused-ring (bicyclic) bond motifs is 1. The summed E-state index contributed by atoms with van der Waals surface area (Å²) in [5.41, 5.74) is 0.543. The molecule has 3 nitrogen and oxygen atoms in total. The number of carbonyl (C=O) groups excluding carboxylic acids is 1. The van der Waals surface area contributed by atoms with Gasteiger partial charge in [0, 0.05) is 12.6 Å². The van der Waals surface area contributed by atoms with E-state index in [9.17, 15) is 4.79 Å². The minimum atomic E-state index is 0.0700. The fraction of sp³-hybridized carbons (Fsp3) is 0.250. The molecule has 0 radical (unpaired) electrons. The Morgan fingerprint density at radius 3 is 3.17 bits per heavy atom. The van der Waals surface area contributed by atoms with Crippen LogP contribution in [0.4, 0.5) is 0 Å². The summed E-state index contributed by atoms with van der Waals surface area (Å²) in [5.74, 6) is 0.496. The van der Waals surface area contributed by atoms with Crippen molar-refractivity contribution in [1.82, 2.24) is 4.98 Å². The average Bonchev–Trinajstić information content (AvgIpc) is 2.07. The van der Waals surface area contributed by atoms with Crippen molar-refractivity contribution in [3.63, 3.8) is 0 Å². The minimum absolute atomic E-state index is 0.0700. The van der Waals surface area contributed by atoms with Gasteiger partial charge in [0.05, 0.1) is 12.2 Å². The lowest BCUT2D eigenvalue weighted by Crippen LogP contribution is -2.15.